The zero-order valence-electron chi connectivity index (χ0n) is 11.3. The number of anilines is 1. The van der Waals surface area contributed by atoms with Crippen LogP contribution in [0.3, 0.4) is 0 Å². The highest BCUT2D eigenvalue weighted by Gasteiger charge is 2.34. The predicted molar refractivity (Wildman–Crippen MR) is 76.5 cm³/mol. The van der Waals surface area contributed by atoms with E-state index in [1.54, 1.807) is 6.92 Å². The van der Waals surface area contributed by atoms with Gasteiger partial charge in [0.1, 0.15) is 4.88 Å². The molecule has 1 atom stereocenters. The number of amides is 1. The van der Waals surface area contributed by atoms with Gasteiger partial charge in [-0.1, -0.05) is 11.3 Å². The van der Waals surface area contributed by atoms with Crippen LogP contribution >= 0.6 is 11.3 Å². The molecule has 0 aliphatic carbocycles. The van der Waals surface area contributed by atoms with Crippen LogP contribution in [0, 0.1) is 5.92 Å². The third-order valence-corrected chi connectivity index (χ3v) is 4.81. The second-order valence-electron chi connectivity index (χ2n) is 4.63. The minimum atomic E-state index is -3.62. The topological polar surface area (TPSA) is 120 Å². The number of esters is 1. The van der Waals surface area contributed by atoms with Crippen molar-refractivity contribution >= 4 is 38.4 Å². The molecule has 1 aromatic rings. The zero-order chi connectivity index (χ0) is 15.6. The molecule has 1 aromatic heterocycles. The highest BCUT2D eigenvalue weighted by atomic mass is 32.2. The van der Waals surface area contributed by atoms with E-state index in [0.717, 1.165) is 11.3 Å². The third kappa shape index (κ3) is 3.99. The summed E-state index contributed by atoms with van der Waals surface area (Å²) in [4.78, 5) is 29.2. The quantitative estimate of drug-likeness (QED) is 0.755. The fourth-order valence-electron chi connectivity index (χ4n) is 2.09. The molecule has 2 N–H and O–H groups in total. The molecule has 2 heterocycles. The van der Waals surface area contributed by atoms with Crippen molar-refractivity contribution in [2.45, 2.75) is 13.3 Å². The van der Waals surface area contributed by atoms with Crippen molar-refractivity contribution in [3.05, 3.63) is 11.1 Å². The van der Waals surface area contributed by atoms with E-state index in [2.05, 4.69) is 4.98 Å². The minimum Gasteiger partial charge on any atom is -0.462 e. The Balaban J connectivity index is 2.09. The number of aromatic nitrogens is 1. The van der Waals surface area contributed by atoms with Crippen LogP contribution in [0.5, 0.6) is 0 Å². The Bertz CT molecular complexity index is 655. The molecular weight excluding hydrogens is 318 g/mol. The smallest absolute Gasteiger partial charge is 0.350 e. The third-order valence-electron chi connectivity index (χ3n) is 2.87. The number of hydrogen-bond acceptors (Lipinski definition) is 7. The standard InChI is InChI=1S/C11H15N3O5S2/c1-2-19-10(16)8-4-13-11(20-8)14-5-7(3-9(14)15)6-21(12,17)18/h4,7H,2-3,5-6H2,1H3,(H2,12,17,18). The van der Waals surface area contributed by atoms with Gasteiger partial charge in [-0.05, 0) is 6.92 Å². The number of ether oxygens (including phenoxy) is 1. The number of carbonyl (C=O) groups is 2. The first-order valence-corrected chi connectivity index (χ1v) is 8.77. The second-order valence-corrected chi connectivity index (χ2v) is 7.30. The molecule has 10 heteroatoms. The summed E-state index contributed by atoms with van der Waals surface area (Å²) in [7, 11) is -3.62. The SMILES string of the molecule is CCOC(=O)c1cnc(N2CC(CS(N)(=O)=O)CC2=O)s1. The lowest BCUT2D eigenvalue weighted by Crippen LogP contribution is -2.27. The number of carbonyl (C=O) groups excluding carboxylic acids is 2. The number of nitrogens with two attached hydrogens (primary N) is 1. The lowest BCUT2D eigenvalue weighted by atomic mass is 10.1. The number of thiazole rings is 1. The van der Waals surface area contributed by atoms with E-state index in [9.17, 15) is 18.0 Å². The van der Waals surface area contributed by atoms with Crippen LogP contribution in [0.1, 0.15) is 23.0 Å². The molecule has 116 valence electrons. The summed E-state index contributed by atoms with van der Waals surface area (Å²) in [6.45, 7) is 2.18. The molecule has 1 saturated heterocycles. The number of nitrogens with zero attached hydrogens (tertiary/aromatic N) is 2. The van der Waals surface area contributed by atoms with Crippen molar-refractivity contribution in [2.24, 2.45) is 11.1 Å². The van der Waals surface area contributed by atoms with E-state index < -0.39 is 16.0 Å². The van der Waals surface area contributed by atoms with Crippen molar-refractivity contribution in [1.82, 2.24) is 4.98 Å². The average Bonchev–Trinajstić information content (AvgIpc) is 2.94. The van der Waals surface area contributed by atoms with Crippen molar-refractivity contribution in [3.63, 3.8) is 0 Å². The molecule has 2 rings (SSSR count). The van der Waals surface area contributed by atoms with Gasteiger partial charge in [0, 0.05) is 18.9 Å². The Labute approximate surface area is 126 Å². The van der Waals surface area contributed by atoms with Crippen molar-refractivity contribution in [1.29, 1.82) is 0 Å². The van der Waals surface area contributed by atoms with E-state index in [1.165, 1.54) is 11.1 Å². The minimum absolute atomic E-state index is 0.102. The summed E-state index contributed by atoms with van der Waals surface area (Å²) in [5.74, 6) is -1.32. The van der Waals surface area contributed by atoms with E-state index >= 15 is 0 Å². The summed E-state index contributed by atoms with van der Waals surface area (Å²) in [6.07, 6.45) is 1.45. The molecule has 0 saturated carbocycles. The molecule has 0 radical (unpaired) electrons. The fraction of sp³-hybridized carbons (Fsp3) is 0.545. The molecule has 1 unspecified atom stereocenters. The summed E-state index contributed by atoms with van der Waals surface area (Å²) >= 11 is 1.04. The summed E-state index contributed by atoms with van der Waals surface area (Å²) in [5, 5.41) is 5.35. The highest BCUT2D eigenvalue weighted by Crippen LogP contribution is 2.29. The summed E-state index contributed by atoms with van der Waals surface area (Å²) in [6, 6.07) is 0. The molecule has 21 heavy (non-hydrogen) atoms. The molecule has 1 aliphatic rings. The van der Waals surface area contributed by atoms with Crippen LogP contribution in [0.25, 0.3) is 0 Å². The first kappa shape index (κ1) is 15.9. The number of rotatable bonds is 5. The lowest BCUT2D eigenvalue weighted by Gasteiger charge is -2.12. The van der Waals surface area contributed by atoms with Gasteiger partial charge >= 0.3 is 5.97 Å². The number of sulfonamides is 1. The predicted octanol–water partition coefficient (Wildman–Crippen LogP) is -0.0388. The normalized spacial score (nSPS) is 19.0. The molecule has 1 amide bonds. The zero-order valence-corrected chi connectivity index (χ0v) is 12.9. The van der Waals surface area contributed by atoms with Gasteiger partial charge in [-0.2, -0.15) is 0 Å². The Hall–Kier alpha value is -1.52. The van der Waals surface area contributed by atoms with Gasteiger partial charge in [0.25, 0.3) is 0 Å². The van der Waals surface area contributed by atoms with E-state index in [0.29, 0.717) is 10.0 Å². The maximum absolute atomic E-state index is 11.9. The van der Waals surface area contributed by atoms with Gasteiger partial charge in [-0.25, -0.2) is 23.3 Å². The van der Waals surface area contributed by atoms with Gasteiger partial charge in [0.2, 0.25) is 15.9 Å². The number of primary sulfonamides is 1. The van der Waals surface area contributed by atoms with Gasteiger partial charge in [-0.15, -0.1) is 0 Å². The molecular formula is C11H15N3O5S2. The van der Waals surface area contributed by atoms with Crippen LogP contribution in [-0.4, -0.2) is 44.2 Å². The maximum Gasteiger partial charge on any atom is 0.350 e. The van der Waals surface area contributed by atoms with Crippen LogP contribution in [0.4, 0.5) is 5.13 Å². The first-order valence-electron chi connectivity index (χ1n) is 6.24. The lowest BCUT2D eigenvalue weighted by molar-refractivity contribution is -0.117. The molecule has 0 aromatic carbocycles. The first-order chi connectivity index (χ1) is 9.80. The van der Waals surface area contributed by atoms with Gasteiger partial charge in [-0.3, -0.25) is 9.69 Å². The van der Waals surface area contributed by atoms with Crippen LogP contribution in [-0.2, 0) is 19.6 Å². The second kappa shape index (κ2) is 6.08. The van der Waals surface area contributed by atoms with Crippen LogP contribution in [0.2, 0.25) is 0 Å². The van der Waals surface area contributed by atoms with Gasteiger partial charge < -0.3 is 4.74 Å². The molecule has 0 bridgehead atoms. The van der Waals surface area contributed by atoms with E-state index in [-0.39, 0.29) is 37.2 Å². The van der Waals surface area contributed by atoms with Gasteiger partial charge in [0.15, 0.2) is 5.13 Å². The number of hydrogen-bond donors (Lipinski definition) is 1. The van der Waals surface area contributed by atoms with E-state index in [4.69, 9.17) is 9.88 Å². The molecule has 0 spiro atoms. The van der Waals surface area contributed by atoms with Crippen molar-refractivity contribution in [3.8, 4) is 0 Å². The van der Waals surface area contributed by atoms with E-state index in [1.807, 2.05) is 0 Å². The van der Waals surface area contributed by atoms with Gasteiger partial charge in [0.05, 0.1) is 18.6 Å². The Kier molecular flexibility index (Phi) is 4.59. The van der Waals surface area contributed by atoms with Crippen LogP contribution in [0.15, 0.2) is 6.20 Å². The Morgan fingerprint density at radius 3 is 2.95 bits per heavy atom. The van der Waals surface area contributed by atoms with Crippen molar-refractivity contribution in [2.75, 3.05) is 23.8 Å². The average molecular weight is 333 g/mol. The Morgan fingerprint density at radius 1 is 1.62 bits per heavy atom. The highest BCUT2D eigenvalue weighted by molar-refractivity contribution is 7.89. The monoisotopic (exact) mass is 333 g/mol. The van der Waals surface area contributed by atoms with Crippen LogP contribution < -0.4 is 10.0 Å². The fourth-order valence-corrected chi connectivity index (χ4v) is 3.81. The molecule has 8 nitrogen and oxygen atoms in total. The molecule has 1 fully saturated rings. The maximum atomic E-state index is 11.9. The van der Waals surface area contributed by atoms with Crippen molar-refractivity contribution < 1.29 is 22.7 Å². The summed E-state index contributed by atoms with van der Waals surface area (Å²) in [5.41, 5.74) is 0. The molecule has 1 aliphatic heterocycles. The largest absolute Gasteiger partial charge is 0.462 e. The summed E-state index contributed by atoms with van der Waals surface area (Å²) < 4.78 is 27.0. The Morgan fingerprint density at radius 2 is 2.33 bits per heavy atom.